The molecule has 258 valence electrons. The summed E-state index contributed by atoms with van der Waals surface area (Å²) in [6.07, 6.45) is 0.783. The number of carbonyl (C=O) groups excluding carboxylic acids is 2. The summed E-state index contributed by atoms with van der Waals surface area (Å²) in [4.78, 5) is 33.4. The lowest BCUT2D eigenvalue weighted by Gasteiger charge is -2.30. The Hall–Kier alpha value is -5.36. The Morgan fingerprint density at radius 2 is 1.80 bits per heavy atom. The van der Waals surface area contributed by atoms with E-state index in [1.54, 1.807) is 12.1 Å². The van der Waals surface area contributed by atoms with E-state index in [1.807, 2.05) is 13.8 Å². The number of rotatable bonds is 10. The van der Waals surface area contributed by atoms with Gasteiger partial charge in [-0.3, -0.25) is 14.6 Å². The molecule has 1 aliphatic rings. The van der Waals surface area contributed by atoms with Crippen LogP contribution in [0, 0.1) is 11.6 Å². The highest BCUT2D eigenvalue weighted by Gasteiger charge is 2.39. The third kappa shape index (κ3) is 7.16. The maximum atomic E-state index is 16.3. The van der Waals surface area contributed by atoms with Gasteiger partial charge >= 0.3 is 0 Å². The molecule has 8 nitrogen and oxygen atoms in total. The molecular weight excluding hydrogens is 674 g/mol. The molecule has 0 bridgehead atoms. The van der Waals surface area contributed by atoms with E-state index in [-0.39, 0.29) is 51.1 Å². The third-order valence-electron chi connectivity index (χ3n) is 8.51. The maximum absolute atomic E-state index is 16.3. The number of aromatic nitrogens is 2. The number of pyridine rings is 1. The van der Waals surface area contributed by atoms with Gasteiger partial charge in [-0.2, -0.15) is 8.78 Å². The normalized spacial score (nSPS) is 14.4. The summed E-state index contributed by atoms with van der Waals surface area (Å²) in [6.45, 7) is 3.43. The van der Waals surface area contributed by atoms with E-state index in [9.17, 15) is 23.5 Å². The van der Waals surface area contributed by atoms with Crippen LogP contribution >= 0.6 is 11.6 Å². The van der Waals surface area contributed by atoms with Gasteiger partial charge in [0.1, 0.15) is 23.1 Å². The molecular formula is C37H32ClF4N5O3. The van der Waals surface area contributed by atoms with E-state index in [0.717, 1.165) is 12.1 Å². The number of halogens is 5. The molecule has 5 N–H and O–H groups in total. The zero-order valence-corrected chi connectivity index (χ0v) is 27.6. The predicted molar refractivity (Wildman–Crippen MR) is 182 cm³/mol. The van der Waals surface area contributed by atoms with Crippen LogP contribution in [0.5, 0.6) is 5.75 Å². The largest absolute Gasteiger partial charge is 0.507 e. The van der Waals surface area contributed by atoms with Gasteiger partial charge in [-0.1, -0.05) is 41.9 Å². The number of hydrogen-bond donors (Lipinski definition) is 5. The van der Waals surface area contributed by atoms with Crippen molar-refractivity contribution in [2.75, 3.05) is 11.9 Å². The van der Waals surface area contributed by atoms with Gasteiger partial charge in [0.15, 0.2) is 0 Å². The van der Waals surface area contributed by atoms with Gasteiger partial charge in [0.25, 0.3) is 17.7 Å². The number of carbonyl (C=O) groups is 2. The van der Waals surface area contributed by atoms with Gasteiger partial charge in [-0.15, -0.1) is 0 Å². The van der Waals surface area contributed by atoms with Crippen LogP contribution in [0.3, 0.4) is 0 Å². The lowest BCUT2D eigenvalue weighted by atomic mass is 9.90. The summed E-state index contributed by atoms with van der Waals surface area (Å²) in [5.41, 5.74) is 0.833. The Labute approximate surface area is 289 Å². The van der Waals surface area contributed by atoms with Crippen molar-refractivity contribution in [3.63, 3.8) is 0 Å². The molecule has 1 aliphatic heterocycles. The molecule has 0 unspecified atom stereocenters. The summed E-state index contributed by atoms with van der Waals surface area (Å²) in [5, 5.41) is 18.5. The van der Waals surface area contributed by atoms with Crippen LogP contribution in [0.4, 0.5) is 28.9 Å². The molecule has 0 radical (unpaired) electrons. The number of aromatic hydroxyl groups is 1. The Balaban J connectivity index is 1.35. The zero-order chi connectivity index (χ0) is 35.8. The van der Waals surface area contributed by atoms with Gasteiger partial charge in [0, 0.05) is 48.3 Å². The fourth-order valence-corrected chi connectivity index (χ4v) is 6.26. The third-order valence-corrected chi connectivity index (χ3v) is 8.90. The number of para-hydroxylation sites is 1. The number of phenols is 1. The van der Waals surface area contributed by atoms with Crippen LogP contribution in [-0.2, 0) is 12.3 Å². The standard InChI is InChI=1S/C37H32ClF4N5O3/c1-36(2)18-27-30(35(50)47-36)33(45-26-8-5-7-25(40)31(26)38)32(46-27)21-14-15-43-29(16-21)37(41,42)17-22(20-10-12-23(39)13-11-20)19-44-34(49)24-6-3-4-9-28(24)48/h3-16,22,45-46,48H,17-19H2,1-2H3,(H,44,49)(H,47,50)/t22-/m0/s1. The number of nitrogens with one attached hydrogen (secondary N) is 4. The van der Waals surface area contributed by atoms with Crippen molar-refractivity contribution in [3.8, 4) is 17.0 Å². The van der Waals surface area contributed by atoms with Crippen LogP contribution in [0.15, 0.2) is 85.1 Å². The molecule has 0 saturated carbocycles. The van der Waals surface area contributed by atoms with Crippen LogP contribution in [-0.4, -0.2) is 39.0 Å². The zero-order valence-electron chi connectivity index (χ0n) is 26.9. The van der Waals surface area contributed by atoms with Gasteiger partial charge in [-0.25, -0.2) is 8.78 Å². The molecule has 3 heterocycles. The maximum Gasteiger partial charge on any atom is 0.290 e. The molecule has 1 atom stereocenters. The Bertz CT molecular complexity index is 2080. The van der Waals surface area contributed by atoms with Crippen molar-refractivity contribution in [3.05, 3.63) is 130 Å². The molecule has 6 rings (SSSR count). The van der Waals surface area contributed by atoms with E-state index in [2.05, 4.69) is 25.9 Å². The summed E-state index contributed by atoms with van der Waals surface area (Å²) in [5.74, 6) is -7.16. The van der Waals surface area contributed by atoms with Crippen LogP contribution < -0.4 is 16.0 Å². The van der Waals surface area contributed by atoms with Crippen molar-refractivity contribution in [1.29, 1.82) is 0 Å². The van der Waals surface area contributed by atoms with Crippen LogP contribution in [0.25, 0.3) is 11.3 Å². The van der Waals surface area contributed by atoms with Crippen molar-refractivity contribution in [2.45, 2.75) is 44.1 Å². The number of anilines is 2. The number of aromatic amines is 1. The summed E-state index contributed by atoms with van der Waals surface area (Å²) >= 11 is 6.24. The second-order valence-electron chi connectivity index (χ2n) is 12.8. The number of amides is 2. The minimum atomic E-state index is -3.57. The minimum absolute atomic E-state index is 0.0267. The summed E-state index contributed by atoms with van der Waals surface area (Å²) < 4.78 is 60.7. The Kier molecular flexibility index (Phi) is 9.32. The smallest absolute Gasteiger partial charge is 0.290 e. The van der Waals surface area contributed by atoms with Crippen LogP contribution in [0.1, 0.15) is 63.9 Å². The molecule has 5 aromatic rings. The Morgan fingerprint density at radius 3 is 2.54 bits per heavy atom. The topological polar surface area (TPSA) is 119 Å². The number of nitrogens with zero attached hydrogens (tertiary/aromatic N) is 1. The Morgan fingerprint density at radius 1 is 1.06 bits per heavy atom. The number of phenolic OH excluding ortho intramolecular Hbond substituents is 1. The number of fused-ring (bicyclic) bond motifs is 1. The average Bonchev–Trinajstić information content (AvgIpc) is 3.42. The molecule has 3 aromatic carbocycles. The summed E-state index contributed by atoms with van der Waals surface area (Å²) in [6, 6.07) is 17.7. The first kappa shape index (κ1) is 34.5. The van der Waals surface area contributed by atoms with Crippen LogP contribution in [0.2, 0.25) is 5.02 Å². The van der Waals surface area contributed by atoms with Gasteiger partial charge < -0.3 is 26.0 Å². The number of benzene rings is 3. The predicted octanol–water partition coefficient (Wildman–Crippen LogP) is 8.22. The number of hydrogen-bond acceptors (Lipinski definition) is 5. The fraction of sp³-hybridized carbons (Fsp3) is 0.216. The van der Waals surface area contributed by atoms with Crippen molar-refractivity contribution >= 4 is 34.8 Å². The molecule has 0 aliphatic carbocycles. The van der Waals surface area contributed by atoms with Gasteiger partial charge in [0.2, 0.25) is 0 Å². The summed E-state index contributed by atoms with van der Waals surface area (Å²) in [7, 11) is 0. The molecule has 13 heteroatoms. The van der Waals surface area contributed by atoms with E-state index in [4.69, 9.17) is 11.6 Å². The fourth-order valence-electron chi connectivity index (χ4n) is 6.09. The van der Waals surface area contributed by atoms with Crippen molar-refractivity contribution < 1.29 is 32.3 Å². The molecule has 50 heavy (non-hydrogen) atoms. The minimum Gasteiger partial charge on any atom is -0.507 e. The first-order valence-electron chi connectivity index (χ1n) is 15.7. The SMILES string of the molecule is CC1(C)Cc2[nH]c(-c3ccnc(C(F)(F)C[C@@H](CNC(=O)c4ccccc4O)c4ccc(F)cc4)c3)c(Nc3cccc(F)c3Cl)c2C(=O)N1. The van der Waals surface area contributed by atoms with Crippen molar-refractivity contribution in [1.82, 2.24) is 20.6 Å². The highest BCUT2D eigenvalue weighted by atomic mass is 35.5. The molecule has 0 fully saturated rings. The number of alkyl halides is 2. The highest BCUT2D eigenvalue weighted by Crippen LogP contribution is 2.43. The molecule has 0 saturated heterocycles. The van der Waals surface area contributed by atoms with E-state index in [1.165, 1.54) is 60.8 Å². The second-order valence-corrected chi connectivity index (χ2v) is 13.2. The second kappa shape index (κ2) is 13.5. The van der Waals surface area contributed by atoms with E-state index in [0.29, 0.717) is 17.7 Å². The number of H-pyrrole nitrogens is 1. The average molecular weight is 706 g/mol. The lowest BCUT2D eigenvalue weighted by molar-refractivity contribution is -0.0245. The van der Waals surface area contributed by atoms with E-state index >= 15 is 8.78 Å². The van der Waals surface area contributed by atoms with Gasteiger partial charge in [-0.05, 0) is 67.9 Å². The molecule has 2 amide bonds. The van der Waals surface area contributed by atoms with Gasteiger partial charge in [0.05, 0.1) is 33.2 Å². The molecule has 0 spiro atoms. The first-order valence-corrected chi connectivity index (χ1v) is 16.0. The monoisotopic (exact) mass is 705 g/mol. The lowest BCUT2D eigenvalue weighted by Crippen LogP contribution is -2.49. The van der Waals surface area contributed by atoms with E-state index < -0.39 is 52.9 Å². The quantitative estimate of drug-likeness (QED) is 0.0939. The van der Waals surface area contributed by atoms with Crippen molar-refractivity contribution in [2.24, 2.45) is 0 Å². The first-order chi connectivity index (χ1) is 23.7. The molecule has 2 aromatic heterocycles. The highest BCUT2D eigenvalue weighted by molar-refractivity contribution is 6.33.